The second kappa shape index (κ2) is 8.18. The number of pyridine rings is 1. The molecule has 5 rings (SSSR count). The van der Waals surface area contributed by atoms with Gasteiger partial charge in [-0.1, -0.05) is 0 Å². The molecule has 4 heterocycles. The van der Waals surface area contributed by atoms with Crippen LogP contribution in [-0.4, -0.2) is 50.6 Å². The molecule has 156 valence electrons. The van der Waals surface area contributed by atoms with Crippen molar-refractivity contribution in [3.8, 4) is 28.3 Å². The second-order valence-electron chi connectivity index (χ2n) is 7.65. The predicted molar refractivity (Wildman–Crippen MR) is 118 cm³/mol. The van der Waals surface area contributed by atoms with Crippen LogP contribution >= 0.6 is 0 Å². The van der Waals surface area contributed by atoms with Crippen molar-refractivity contribution in [1.82, 2.24) is 24.5 Å². The molecule has 1 saturated heterocycles. The quantitative estimate of drug-likeness (QED) is 0.504. The van der Waals surface area contributed by atoms with Crippen LogP contribution in [0.15, 0.2) is 60.9 Å². The number of aromatic nitrogens is 4. The van der Waals surface area contributed by atoms with E-state index in [1.807, 2.05) is 47.4 Å². The Morgan fingerprint density at radius 2 is 1.81 bits per heavy atom. The van der Waals surface area contributed by atoms with Gasteiger partial charge in [0.2, 0.25) is 0 Å². The minimum absolute atomic E-state index is 0.0339. The molecule has 0 bridgehead atoms. The Labute approximate surface area is 180 Å². The number of ether oxygens (including phenoxy) is 1. The number of carbonyl (C=O) groups excluding carboxylic acids is 1. The van der Waals surface area contributed by atoms with Gasteiger partial charge in [0.15, 0.2) is 11.3 Å². The molecule has 31 heavy (non-hydrogen) atoms. The zero-order valence-corrected chi connectivity index (χ0v) is 17.4. The smallest absolute Gasteiger partial charge is 0.274 e. The van der Waals surface area contributed by atoms with E-state index in [1.54, 1.807) is 30.1 Å². The Bertz CT molecular complexity index is 1210. The van der Waals surface area contributed by atoms with Crippen molar-refractivity contribution < 1.29 is 9.53 Å². The van der Waals surface area contributed by atoms with Gasteiger partial charge in [-0.2, -0.15) is 5.10 Å². The van der Waals surface area contributed by atoms with E-state index in [4.69, 9.17) is 9.72 Å². The molecule has 1 amide bonds. The number of likely N-dealkylation sites (tertiary alicyclic amines) is 1. The third kappa shape index (κ3) is 3.74. The van der Waals surface area contributed by atoms with Crippen molar-refractivity contribution in [1.29, 1.82) is 0 Å². The Balaban J connectivity index is 1.63. The van der Waals surface area contributed by atoms with Crippen LogP contribution in [0.5, 0.6) is 5.75 Å². The lowest BCUT2D eigenvalue weighted by Crippen LogP contribution is -2.35. The third-order valence-corrected chi connectivity index (χ3v) is 5.63. The van der Waals surface area contributed by atoms with Gasteiger partial charge in [-0.3, -0.25) is 9.78 Å². The minimum atomic E-state index is -0.0339. The SMILES string of the molecule is COc1ccc(-c2cc(-c3cccnc3)n3nc(C(=O)N4CCCCC4)cc3n2)cc1. The van der Waals surface area contributed by atoms with Gasteiger partial charge >= 0.3 is 0 Å². The van der Waals surface area contributed by atoms with Crippen molar-refractivity contribution in [2.75, 3.05) is 20.2 Å². The summed E-state index contributed by atoms with van der Waals surface area (Å²) in [4.78, 5) is 24.0. The van der Waals surface area contributed by atoms with Crippen LogP contribution in [0, 0.1) is 0 Å². The first-order chi connectivity index (χ1) is 15.2. The standard InChI is InChI=1S/C24H23N5O2/c1-31-19-9-7-17(8-10-19)20-14-22(18-6-5-11-25-16-18)29-23(26-20)15-21(27-29)24(30)28-12-3-2-4-13-28/h5-11,14-16H,2-4,12-13H2,1H3. The number of piperidine rings is 1. The molecule has 7 heteroatoms. The number of hydrogen-bond acceptors (Lipinski definition) is 5. The summed E-state index contributed by atoms with van der Waals surface area (Å²) in [5.41, 5.74) is 4.55. The maximum absolute atomic E-state index is 13.0. The molecule has 1 aliphatic rings. The Morgan fingerprint density at radius 1 is 1.00 bits per heavy atom. The highest BCUT2D eigenvalue weighted by Gasteiger charge is 2.22. The van der Waals surface area contributed by atoms with Crippen LogP contribution < -0.4 is 4.74 Å². The topological polar surface area (TPSA) is 72.6 Å². The van der Waals surface area contributed by atoms with Gasteiger partial charge < -0.3 is 9.64 Å². The van der Waals surface area contributed by atoms with Crippen LogP contribution in [0.4, 0.5) is 0 Å². The highest BCUT2D eigenvalue weighted by molar-refractivity contribution is 5.93. The van der Waals surface area contributed by atoms with E-state index in [9.17, 15) is 4.79 Å². The van der Waals surface area contributed by atoms with Gasteiger partial charge in [0.05, 0.1) is 18.5 Å². The zero-order valence-electron chi connectivity index (χ0n) is 17.4. The van der Waals surface area contributed by atoms with Crippen LogP contribution in [0.25, 0.3) is 28.2 Å². The highest BCUT2D eigenvalue weighted by atomic mass is 16.5. The first-order valence-corrected chi connectivity index (χ1v) is 10.5. The number of rotatable bonds is 4. The fourth-order valence-corrected chi connectivity index (χ4v) is 3.97. The summed E-state index contributed by atoms with van der Waals surface area (Å²) < 4.78 is 7.01. The molecule has 0 N–H and O–H groups in total. The van der Waals surface area contributed by atoms with E-state index in [0.717, 1.165) is 54.2 Å². The molecule has 0 saturated carbocycles. The Hall–Kier alpha value is -3.74. The minimum Gasteiger partial charge on any atom is -0.497 e. The molecule has 0 unspecified atom stereocenters. The fourth-order valence-electron chi connectivity index (χ4n) is 3.97. The van der Waals surface area contributed by atoms with E-state index < -0.39 is 0 Å². The summed E-state index contributed by atoms with van der Waals surface area (Å²) in [7, 11) is 1.65. The van der Waals surface area contributed by atoms with Crippen molar-refractivity contribution >= 4 is 11.6 Å². The molecule has 7 nitrogen and oxygen atoms in total. The molecule has 0 spiro atoms. The molecule has 1 fully saturated rings. The summed E-state index contributed by atoms with van der Waals surface area (Å²) in [6, 6.07) is 15.4. The average Bonchev–Trinajstić information content (AvgIpc) is 3.28. The number of benzene rings is 1. The lowest BCUT2D eigenvalue weighted by molar-refractivity contribution is 0.0718. The van der Waals surface area contributed by atoms with Gasteiger partial charge in [0.25, 0.3) is 5.91 Å². The summed E-state index contributed by atoms with van der Waals surface area (Å²) in [6.45, 7) is 1.57. The summed E-state index contributed by atoms with van der Waals surface area (Å²) in [5.74, 6) is 0.754. The molecular weight excluding hydrogens is 390 g/mol. The van der Waals surface area contributed by atoms with Crippen LogP contribution in [0.2, 0.25) is 0 Å². The van der Waals surface area contributed by atoms with Crippen LogP contribution in [0.1, 0.15) is 29.8 Å². The third-order valence-electron chi connectivity index (χ3n) is 5.63. The molecule has 1 aromatic carbocycles. The normalized spacial score (nSPS) is 14.0. The van der Waals surface area contributed by atoms with Crippen molar-refractivity contribution in [2.45, 2.75) is 19.3 Å². The maximum Gasteiger partial charge on any atom is 0.274 e. The molecular formula is C24H23N5O2. The van der Waals surface area contributed by atoms with Crippen molar-refractivity contribution in [2.24, 2.45) is 0 Å². The predicted octanol–water partition coefficient (Wildman–Crippen LogP) is 4.09. The monoisotopic (exact) mass is 413 g/mol. The fraction of sp³-hybridized carbons (Fsp3) is 0.250. The number of fused-ring (bicyclic) bond motifs is 1. The van der Waals surface area contributed by atoms with Gasteiger partial charge in [-0.05, 0) is 61.7 Å². The first kappa shape index (κ1) is 19.2. The molecule has 3 aromatic heterocycles. The molecule has 4 aromatic rings. The Kier molecular flexibility index (Phi) is 5.08. The molecule has 0 aliphatic carbocycles. The van der Waals surface area contributed by atoms with Crippen LogP contribution in [0.3, 0.4) is 0 Å². The summed E-state index contributed by atoms with van der Waals surface area (Å²) >= 11 is 0. The van der Waals surface area contributed by atoms with E-state index >= 15 is 0 Å². The van der Waals surface area contributed by atoms with E-state index in [0.29, 0.717) is 11.3 Å². The van der Waals surface area contributed by atoms with E-state index in [1.165, 1.54) is 6.42 Å². The highest BCUT2D eigenvalue weighted by Crippen LogP contribution is 2.28. The van der Waals surface area contributed by atoms with Gasteiger partial charge in [0.1, 0.15) is 5.75 Å². The van der Waals surface area contributed by atoms with Crippen molar-refractivity contribution in [3.63, 3.8) is 0 Å². The van der Waals surface area contributed by atoms with E-state index in [-0.39, 0.29) is 5.91 Å². The van der Waals surface area contributed by atoms with Crippen molar-refractivity contribution in [3.05, 3.63) is 66.6 Å². The molecule has 1 aliphatic heterocycles. The second-order valence-corrected chi connectivity index (χ2v) is 7.65. The van der Waals surface area contributed by atoms with Gasteiger partial charge in [-0.25, -0.2) is 9.50 Å². The lowest BCUT2D eigenvalue weighted by atomic mass is 10.1. The van der Waals surface area contributed by atoms with E-state index in [2.05, 4.69) is 10.1 Å². The average molecular weight is 413 g/mol. The summed E-state index contributed by atoms with van der Waals surface area (Å²) in [6.07, 6.45) is 6.79. The molecule has 0 radical (unpaired) electrons. The largest absolute Gasteiger partial charge is 0.497 e. The number of nitrogens with zero attached hydrogens (tertiary/aromatic N) is 5. The lowest BCUT2D eigenvalue weighted by Gasteiger charge is -2.25. The number of carbonyl (C=O) groups is 1. The first-order valence-electron chi connectivity index (χ1n) is 10.5. The number of amides is 1. The Morgan fingerprint density at radius 3 is 2.52 bits per heavy atom. The maximum atomic E-state index is 13.0. The number of methoxy groups -OCH3 is 1. The summed E-state index contributed by atoms with van der Waals surface area (Å²) in [5, 5.41) is 4.64. The van der Waals surface area contributed by atoms with Gasteiger partial charge in [-0.15, -0.1) is 0 Å². The number of hydrogen-bond donors (Lipinski definition) is 0. The van der Waals surface area contributed by atoms with Crippen LogP contribution in [-0.2, 0) is 0 Å². The van der Waals surface area contributed by atoms with Gasteiger partial charge in [0, 0.05) is 42.7 Å². The molecule has 0 atom stereocenters. The zero-order chi connectivity index (χ0) is 21.2.